The first kappa shape index (κ1) is 12.0. The number of hydrogen-bond acceptors (Lipinski definition) is 3. The molecule has 0 aliphatic carbocycles. The number of aromatic nitrogens is 1. The van der Waals surface area contributed by atoms with E-state index in [2.05, 4.69) is 0 Å². The molecule has 0 aromatic carbocycles. The van der Waals surface area contributed by atoms with Crippen molar-refractivity contribution >= 4 is 10.1 Å². The number of nitrogens with zero attached hydrogens (tertiary/aromatic N) is 1. The Labute approximate surface area is 76.4 Å². The van der Waals surface area contributed by atoms with E-state index in [0.717, 1.165) is 0 Å². The van der Waals surface area contributed by atoms with Gasteiger partial charge in [-0.05, 0) is 6.07 Å². The fourth-order valence-electron chi connectivity index (χ4n) is 0.503. The lowest BCUT2D eigenvalue weighted by Gasteiger charge is -1.90. The van der Waals surface area contributed by atoms with Gasteiger partial charge in [0.05, 0.1) is 10.1 Å². The van der Waals surface area contributed by atoms with Crippen molar-refractivity contribution in [3.05, 3.63) is 30.3 Å². The van der Waals surface area contributed by atoms with E-state index in [4.69, 9.17) is 13.0 Å². The first-order valence-corrected chi connectivity index (χ1v) is 5.13. The molecular weight excluding hydrogens is 197 g/mol. The standard InChI is InChI=1S/C6H7FN.CH4O3S/c1-8-5-3-2-4-6(8)7;1-5(2,3)4/h2-5H,1H3;1H3,(H,2,3,4)/q+1;/p-1. The maximum absolute atomic E-state index is 12.3. The zero-order valence-corrected chi connectivity index (χ0v) is 8.08. The Morgan fingerprint density at radius 3 is 2.15 bits per heavy atom. The van der Waals surface area contributed by atoms with Gasteiger partial charge in [0.25, 0.3) is 0 Å². The molecule has 74 valence electrons. The van der Waals surface area contributed by atoms with Crippen LogP contribution in [0.15, 0.2) is 24.4 Å². The normalized spacial score (nSPS) is 10.2. The molecule has 1 rings (SSSR count). The monoisotopic (exact) mass is 207 g/mol. The van der Waals surface area contributed by atoms with Gasteiger partial charge < -0.3 is 4.55 Å². The Kier molecular flexibility index (Phi) is 4.50. The lowest BCUT2D eigenvalue weighted by molar-refractivity contribution is -0.700. The summed E-state index contributed by atoms with van der Waals surface area (Å²) in [5.41, 5.74) is 0. The third-order valence-corrected chi connectivity index (χ3v) is 0.991. The van der Waals surface area contributed by atoms with Gasteiger partial charge in [0.1, 0.15) is 7.05 Å². The van der Waals surface area contributed by atoms with Crippen molar-refractivity contribution in [1.82, 2.24) is 0 Å². The van der Waals surface area contributed by atoms with Crippen LogP contribution >= 0.6 is 0 Å². The van der Waals surface area contributed by atoms with Gasteiger partial charge in [0.15, 0.2) is 6.20 Å². The van der Waals surface area contributed by atoms with Crippen LogP contribution in [0.5, 0.6) is 0 Å². The van der Waals surface area contributed by atoms with Crippen LogP contribution in [0, 0.1) is 5.95 Å². The highest BCUT2D eigenvalue weighted by molar-refractivity contribution is 7.84. The van der Waals surface area contributed by atoms with Crippen molar-refractivity contribution in [2.45, 2.75) is 0 Å². The number of halogens is 1. The van der Waals surface area contributed by atoms with Crippen LogP contribution in [0.25, 0.3) is 0 Å². The summed E-state index contributed by atoms with van der Waals surface area (Å²) in [6.07, 6.45) is 2.27. The van der Waals surface area contributed by atoms with Gasteiger partial charge in [0, 0.05) is 18.4 Å². The summed E-state index contributed by atoms with van der Waals surface area (Å²) >= 11 is 0. The van der Waals surface area contributed by atoms with E-state index < -0.39 is 10.1 Å². The zero-order valence-electron chi connectivity index (χ0n) is 7.27. The molecule has 13 heavy (non-hydrogen) atoms. The Morgan fingerprint density at radius 1 is 1.46 bits per heavy atom. The van der Waals surface area contributed by atoms with Crippen molar-refractivity contribution in [1.29, 1.82) is 0 Å². The molecule has 1 aromatic rings. The Hall–Kier alpha value is -1.01. The molecule has 0 bridgehead atoms. The van der Waals surface area contributed by atoms with Crippen LogP contribution in [0.1, 0.15) is 0 Å². The van der Waals surface area contributed by atoms with E-state index in [1.54, 1.807) is 25.4 Å². The molecule has 0 spiro atoms. The minimum absolute atomic E-state index is 0.215. The second-order valence-electron chi connectivity index (χ2n) is 2.34. The van der Waals surface area contributed by atoms with Gasteiger partial charge >= 0.3 is 5.95 Å². The average molecular weight is 207 g/mol. The molecular formula is C7H10FNO3S. The first-order chi connectivity index (χ1) is 5.80. The molecule has 0 amide bonds. The Balaban J connectivity index is 0.000000252. The van der Waals surface area contributed by atoms with E-state index in [0.29, 0.717) is 6.26 Å². The maximum atomic E-state index is 12.3. The number of aryl methyl sites for hydroxylation is 1. The Morgan fingerprint density at radius 2 is 1.92 bits per heavy atom. The van der Waals surface area contributed by atoms with Crippen LogP contribution < -0.4 is 4.57 Å². The molecule has 1 heterocycles. The van der Waals surface area contributed by atoms with Crippen molar-refractivity contribution < 1.29 is 21.9 Å². The second kappa shape index (κ2) is 4.88. The highest BCUT2D eigenvalue weighted by Crippen LogP contribution is 1.83. The van der Waals surface area contributed by atoms with Crippen LogP contribution in [0.3, 0.4) is 0 Å². The maximum Gasteiger partial charge on any atom is 0.359 e. The Bertz CT molecular complexity index is 335. The average Bonchev–Trinajstić information content (AvgIpc) is 1.92. The van der Waals surface area contributed by atoms with E-state index in [1.807, 2.05) is 0 Å². The molecule has 0 fully saturated rings. The summed E-state index contributed by atoms with van der Waals surface area (Å²) < 4.78 is 40.9. The highest BCUT2D eigenvalue weighted by atomic mass is 32.2. The fraction of sp³-hybridized carbons (Fsp3) is 0.286. The zero-order chi connectivity index (χ0) is 10.5. The third-order valence-electron chi connectivity index (χ3n) is 0.991. The fourth-order valence-corrected chi connectivity index (χ4v) is 0.503. The molecule has 6 heteroatoms. The quantitative estimate of drug-likeness (QED) is 0.336. The van der Waals surface area contributed by atoms with E-state index in [9.17, 15) is 4.39 Å². The van der Waals surface area contributed by atoms with Gasteiger partial charge in [-0.1, -0.05) is 0 Å². The number of hydrogen-bond donors (Lipinski definition) is 0. The molecule has 0 saturated heterocycles. The molecule has 1 aromatic heterocycles. The van der Waals surface area contributed by atoms with E-state index in [1.165, 1.54) is 10.6 Å². The van der Waals surface area contributed by atoms with Gasteiger partial charge in [0.2, 0.25) is 0 Å². The molecule has 0 aliphatic rings. The van der Waals surface area contributed by atoms with Crippen molar-refractivity contribution in [2.24, 2.45) is 7.05 Å². The molecule has 0 N–H and O–H groups in total. The summed E-state index contributed by atoms with van der Waals surface area (Å²) in [5.74, 6) is -0.215. The van der Waals surface area contributed by atoms with Crippen LogP contribution in [0.4, 0.5) is 4.39 Å². The van der Waals surface area contributed by atoms with E-state index >= 15 is 0 Å². The highest BCUT2D eigenvalue weighted by Gasteiger charge is 1.97. The van der Waals surface area contributed by atoms with Crippen LogP contribution in [0.2, 0.25) is 0 Å². The smallest absolute Gasteiger partial charge is 0.359 e. The number of rotatable bonds is 0. The van der Waals surface area contributed by atoms with Gasteiger partial charge in [-0.2, -0.15) is 4.57 Å². The minimum Gasteiger partial charge on any atom is -0.748 e. The summed E-state index contributed by atoms with van der Waals surface area (Å²) in [5, 5.41) is 0. The number of pyridine rings is 1. The van der Waals surface area contributed by atoms with Gasteiger partial charge in [-0.25, -0.2) is 8.42 Å². The summed E-state index contributed by atoms with van der Waals surface area (Å²) in [4.78, 5) is 0. The van der Waals surface area contributed by atoms with E-state index in [-0.39, 0.29) is 5.95 Å². The lowest BCUT2D eigenvalue weighted by Crippen LogP contribution is -2.31. The molecule has 0 atom stereocenters. The SMILES string of the molecule is CS(=O)(=O)[O-].C[n+]1ccccc1F. The minimum atomic E-state index is -3.92. The summed E-state index contributed by atoms with van der Waals surface area (Å²) in [6.45, 7) is 0. The van der Waals surface area contributed by atoms with Gasteiger partial charge in [-0.3, -0.25) is 0 Å². The second-order valence-corrected chi connectivity index (χ2v) is 3.75. The third kappa shape index (κ3) is 8.90. The molecule has 0 aliphatic heterocycles. The van der Waals surface area contributed by atoms with Crippen molar-refractivity contribution in [3.8, 4) is 0 Å². The van der Waals surface area contributed by atoms with Crippen LogP contribution in [-0.4, -0.2) is 19.2 Å². The largest absolute Gasteiger partial charge is 0.748 e. The summed E-state index contributed by atoms with van der Waals surface area (Å²) in [7, 11) is -2.25. The predicted molar refractivity (Wildman–Crippen MR) is 43.2 cm³/mol. The molecule has 4 nitrogen and oxygen atoms in total. The molecule has 0 unspecified atom stereocenters. The van der Waals surface area contributed by atoms with Gasteiger partial charge in [-0.15, -0.1) is 4.39 Å². The first-order valence-electron chi connectivity index (χ1n) is 3.31. The summed E-state index contributed by atoms with van der Waals surface area (Å²) in [6, 6.07) is 4.86. The van der Waals surface area contributed by atoms with Crippen molar-refractivity contribution in [3.63, 3.8) is 0 Å². The topological polar surface area (TPSA) is 61.1 Å². The molecule has 0 saturated carbocycles. The van der Waals surface area contributed by atoms with Crippen LogP contribution in [-0.2, 0) is 17.2 Å². The predicted octanol–water partition coefficient (Wildman–Crippen LogP) is -0.188. The van der Waals surface area contributed by atoms with Crippen molar-refractivity contribution in [2.75, 3.05) is 6.26 Å². The lowest BCUT2D eigenvalue weighted by atomic mass is 10.5. The molecule has 0 radical (unpaired) electrons.